The minimum atomic E-state index is 0.441. The molecule has 2 heterocycles. The Morgan fingerprint density at radius 2 is 1.71 bits per heavy atom. The van der Waals surface area contributed by atoms with Crippen LogP contribution in [-0.2, 0) is 0 Å². The largest absolute Gasteiger partial charge is 0.493 e. The molecule has 31 heavy (non-hydrogen) atoms. The van der Waals surface area contributed by atoms with Gasteiger partial charge in [0.05, 0.1) is 27.0 Å². The summed E-state index contributed by atoms with van der Waals surface area (Å²) in [4.78, 5) is 13.4. The van der Waals surface area contributed by atoms with Gasteiger partial charge in [0.2, 0.25) is 11.7 Å². The van der Waals surface area contributed by atoms with Crippen molar-refractivity contribution in [3.05, 3.63) is 42.7 Å². The molecule has 0 saturated heterocycles. The summed E-state index contributed by atoms with van der Waals surface area (Å²) in [5, 5.41) is 6.47. The molecule has 0 unspecified atom stereocenters. The molecule has 0 amide bonds. The van der Waals surface area contributed by atoms with Crippen LogP contribution in [-0.4, -0.2) is 49.4 Å². The number of hydrogen-bond donors (Lipinski definition) is 3. The van der Waals surface area contributed by atoms with Crippen molar-refractivity contribution in [1.29, 1.82) is 0 Å². The normalized spacial score (nSPS) is 10.5. The Balaban J connectivity index is 1.75. The average molecular weight is 425 g/mol. The zero-order valence-electron chi connectivity index (χ0n) is 18.0. The number of aromatic nitrogens is 3. The lowest BCUT2D eigenvalue weighted by molar-refractivity contribution is 0.324. The number of rotatable bonds is 11. The standard InChI is InChI=1S/C22H28N6O3/c1-29-18-12-16(13-19(30-2)21(18)31-3)27-22-25-11-8-17(28-22)15-6-7-20(26-14-15)24-10-5-4-9-23/h6-8,11-14H,4-5,9-10,23H2,1-3H3,(H,24,26)(H,25,27,28). The van der Waals surface area contributed by atoms with Crippen LogP contribution in [0.5, 0.6) is 17.2 Å². The maximum atomic E-state index is 5.52. The van der Waals surface area contributed by atoms with Gasteiger partial charge in [0.25, 0.3) is 0 Å². The predicted molar refractivity (Wildman–Crippen MR) is 121 cm³/mol. The molecule has 0 atom stereocenters. The van der Waals surface area contributed by atoms with E-state index < -0.39 is 0 Å². The van der Waals surface area contributed by atoms with E-state index in [0.29, 0.717) is 35.4 Å². The molecule has 0 aliphatic carbocycles. The quantitative estimate of drug-likeness (QED) is 0.398. The molecule has 9 nitrogen and oxygen atoms in total. The molecule has 0 aliphatic heterocycles. The number of nitrogens with zero attached hydrogens (tertiary/aromatic N) is 3. The molecule has 164 valence electrons. The number of unbranched alkanes of at least 4 members (excludes halogenated alkanes) is 1. The summed E-state index contributed by atoms with van der Waals surface area (Å²) >= 11 is 0. The first kappa shape index (κ1) is 22.1. The van der Waals surface area contributed by atoms with Crippen molar-refractivity contribution in [2.24, 2.45) is 5.73 Å². The molecule has 3 rings (SSSR count). The maximum absolute atomic E-state index is 5.52. The predicted octanol–water partition coefficient (Wildman–Crippen LogP) is 3.46. The number of anilines is 3. The van der Waals surface area contributed by atoms with Gasteiger partial charge in [-0.25, -0.2) is 15.0 Å². The van der Waals surface area contributed by atoms with Crippen molar-refractivity contribution in [2.75, 3.05) is 45.1 Å². The molecule has 9 heteroatoms. The van der Waals surface area contributed by atoms with Crippen molar-refractivity contribution in [2.45, 2.75) is 12.8 Å². The lowest BCUT2D eigenvalue weighted by Crippen LogP contribution is -2.06. The van der Waals surface area contributed by atoms with Gasteiger partial charge in [0.1, 0.15) is 5.82 Å². The molecule has 0 bridgehead atoms. The van der Waals surface area contributed by atoms with Crippen molar-refractivity contribution in [1.82, 2.24) is 15.0 Å². The van der Waals surface area contributed by atoms with E-state index in [-0.39, 0.29) is 0 Å². The first-order valence-corrected chi connectivity index (χ1v) is 9.99. The van der Waals surface area contributed by atoms with Crippen LogP contribution in [0.4, 0.5) is 17.5 Å². The lowest BCUT2D eigenvalue weighted by Gasteiger charge is -2.14. The van der Waals surface area contributed by atoms with E-state index in [4.69, 9.17) is 19.9 Å². The summed E-state index contributed by atoms with van der Waals surface area (Å²) in [6.07, 6.45) is 5.49. The van der Waals surface area contributed by atoms with Gasteiger partial charge < -0.3 is 30.6 Å². The van der Waals surface area contributed by atoms with Crippen LogP contribution in [0.15, 0.2) is 42.7 Å². The Morgan fingerprint density at radius 1 is 0.935 bits per heavy atom. The van der Waals surface area contributed by atoms with Gasteiger partial charge in [0, 0.05) is 42.3 Å². The topological polar surface area (TPSA) is 116 Å². The Morgan fingerprint density at radius 3 is 2.32 bits per heavy atom. The molecule has 0 spiro atoms. The first-order valence-electron chi connectivity index (χ1n) is 9.99. The molecule has 1 aromatic carbocycles. The zero-order valence-corrected chi connectivity index (χ0v) is 18.0. The summed E-state index contributed by atoms with van der Waals surface area (Å²) < 4.78 is 16.2. The van der Waals surface area contributed by atoms with Crippen LogP contribution in [0.25, 0.3) is 11.3 Å². The second kappa shape index (κ2) is 11.0. The fourth-order valence-corrected chi connectivity index (χ4v) is 3.00. The summed E-state index contributed by atoms with van der Waals surface area (Å²) in [6, 6.07) is 9.34. The van der Waals surface area contributed by atoms with Crippen molar-refractivity contribution < 1.29 is 14.2 Å². The van der Waals surface area contributed by atoms with Crippen LogP contribution in [0.3, 0.4) is 0 Å². The molecule has 4 N–H and O–H groups in total. The van der Waals surface area contributed by atoms with Gasteiger partial charge in [-0.3, -0.25) is 0 Å². The van der Waals surface area contributed by atoms with Gasteiger partial charge in [0.15, 0.2) is 11.5 Å². The van der Waals surface area contributed by atoms with E-state index in [9.17, 15) is 0 Å². The van der Waals surface area contributed by atoms with Crippen LogP contribution in [0.2, 0.25) is 0 Å². The van der Waals surface area contributed by atoms with Gasteiger partial charge >= 0.3 is 0 Å². The highest BCUT2D eigenvalue weighted by atomic mass is 16.5. The summed E-state index contributed by atoms with van der Waals surface area (Å²) in [6.45, 7) is 1.55. The molecule has 0 fully saturated rings. The van der Waals surface area contributed by atoms with Crippen LogP contribution >= 0.6 is 0 Å². The number of nitrogens with one attached hydrogen (secondary N) is 2. The van der Waals surface area contributed by atoms with Crippen molar-refractivity contribution in [3.63, 3.8) is 0 Å². The van der Waals surface area contributed by atoms with Gasteiger partial charge in [-0.2, -0.15) is 0 Å². The van der Waals surface area contributed by atoms with Gasteiger partial charge in [-0.1, -0.05) is 0 Å². The first-order chi connectivity index (χ1) is 15.2. The Labute approximate surface area is 182 Å². The molecule has 0 saturated carbocycles. The van der Waals surface area contributed by atoms with Crippen molar-refractivity contribution in [3.8, 4) is 28.5 Å². The minimum Gasteiger partial charge on any atom is -0.493 e. The number of hydrogen-bond acceptors (Lipinski definition) is 9. The van der Waals surface area contributed by atoms with Gasteiger partial charge in [-0.05, 0) is 37.6 Å². The third-order valence-corrected chi connectivity index (χ3v) is 4.57. The van der Waals surface area contributed by atoms with Crippen LogP contribution in [0.1, 0.15) is 12.8 Å². The highest BCUT2D eigenvalue weighted by Gasteiger charge is 2.14. The van der Waals surface area contributed by atoms with E-state index in [0.717, 1.165) is 36.5 Å². The fraction of sp³-hybridized carbons (Fsp3) is 0.318. The smallest absolute Gasteiger partial charge is 0.227 e. The number of nitrogens with two attached hydrogens (primary N) is 1. The zero-order chi connectivity index (χ0) is 22.1. The molecule has 3 aromatic rings. The van der Waals surface area contributed by atoms with E-state index in [1.54, 1.807) is 45.9 Å². The van der Waals surface area contributed by atoms with Gasteiger partial charge in [-0.15, -0.1) is 0 Å². The SMILES string of the molecule is COc1cc(Nc2nccc(-c3ccc(NCCCCN)nc3)n2)cc(OC)c1OC. The summed E-state index contributed by atoms with van der Waals surface area (Å²) in [7, 11) is 4.71. The van der Waals surface area contributed by atoms with Crippen LogP contribution < -0.4 is 30.6 Å². The number of methoxy groups -OCH3 is 3. The van der Waals surface area contributed by atoms with Crippen LogP contribution in [0, 0.1) is 0 Å². The highest BCUT2D eigenvalue weighted by molar-refractivity contribution is 5.67. The molecular formula is C22H28N6O3. The molecule has 2 aromatic heterocycles. The monoisotopic (exact) mass is 424 g/mol. The van der Waals surface area contributed by atoms with E-state index in [2.05, 4.69) is 25.6 Å². The third kappa shape index (κ3) is 5.73. The fourth-order valence-electron chi connectivity index (χ4n) is 3.00. The summed E-state index contributed by atoms with van der Waals surface area (Å²) in [5.41, 5.74) is 7.87. The number of ether oxygens (including phenoxy) is 3. The second-order valence-electron chi connectivity index (χ2n) is 6.66. The van der Waals surface area contributed by atoms with Crippen molar-refractivity contribution >= 4 is 17.5 Å². The number of benzene rings is 1. The minimum absolute atomic E-state index is 0.441. The Bertz CT molecular complexity index is 956. The summed E-state index contributed by atoms with van der Waals surface area (Å²) in [5.74, 6) is 2.87. The molecular weight excluding hydrogens is 396 g/mol. The second-order valence-corrected chi connectivity index (χ2v) is 6.66. The van der Waals surface area contributed by atoms with E-state index in [1.807, 2.05) is 18.2 Å². The maximum Gasteiger partial charge on any atom is 0.227 e. The van der Waals surface area contributed by atoms with E-state index in [1.165, 1.54) is 0 Å². The lowest BCUT2D eigenvalue weighted by atomic mass is 10.2. The highest BCUT2D eigenvalue weighted by Crippen LogP contribution is 2.40. The third-order valence-electron chi connectivity index (χ3n) is 4.57. The average Bonchev–Trinajstić information content (AvgIpc) is 2.81. The molecule has 0 radical (unpaired) electrons. The number of pyridine rings is 1. The molecule has 0 aliphatic rings. The van der Waals surface area contributed by atoms with E-state index >= 15 is 0 Å². The Hall–Kier alpha value is -3.59. The Kier molecular flexibility index (Phi) is 7.83.